The average Bonchev–Trinajstić information content (AvgIpc) is 2.38. The van der Waals surface area contributed by atoms with E-state index in [0.717, 1.165) is 18.2 Å². The third-order valence-corrected chi connectivity index (χ3v) is 4.12. The Morgan fingerprint density at radius 1 is 1.00 bits per heavy atom. The lowest BCUT2D eigenvalue weighted by Gasteiger charge is -2.11. The van der Waals surface area contributed by atoms with Gasteiger partial charge in [-0.25, -0.2) is 21.6 Å². The summed E-state index contributed by atoms with van der Waals surface area (Å²) in [4.78, 5) is -0.747. The van der Waals surface area contributed by atoms with Crippen LogP contribution in [0.1, 0.15) is 5.56 Å². The van der Waals surface area contributed by atoms with Crippen LogP contribution in [0.15, 0.2) is 35.2 Å². The van der Waals surface area contributed by atoms with Crippen LogP contribution in [0.5, 0.6) is 0 Å². The lowest BCUT2D eigenvalue weighted by molar-refractivity contribution is 0.569. The van der Waals surface area contributed by atoms with Crippen LogP contribution in [0, 0.1) is 24.4 Å². The van der Waals surface area contributed by atoms with Crippen LogP contribution in [0.4, 0.5) is 24.5 Å². The first-order chi connectivity index (χ1) is 9.70. The molecule has 2 aromatic carbocycles. The molecule has 3 N–H and O–H groups in total. The molecule has 21 heavy (non-hydrogen) atoms. The topological polar surface area (TPSA) is 72.2 Å². The van der Waals surface area contributed by atoms with E-state index in [2.05, 4.69) is 0 Å². The van der Waals surface area contributed by atoms with Gasteiger partial charge in [-0.15, -0.1) is 0 Å². The van der Waals surface area contributed by atoms with Crippen molar-refractivity contribution in [3.63, 3.8) is 0 Å². The number of nitrogens with one attached hydrogen (secondary N) is 1. The monoisotopic (exact) mass is 316 g/mol. The number of anilines is 2. The molecule has 0 aliphatic rings. The summed E-state index contributed by atoms with van der Waals surface area (Å²) in [5.74, 6) is -2.81. The van der Waals surface area contributed by atoms with E-state index in [9.17, 15) is 21.6 Å². The summed E-state index contributed by atoms with van der Waals surface area (Å²) in [5, 5.41) is 0. The van der Waals surface area contributed by atoms with Crippen LogP contribution < -0.4 is 10.5 Å². The summed E-state index contributed by atoms with van der Waals surface area (Å²) in [6.45, 7) is 1.33. The first kappa shape index (κ1) is 15.2. The fraction of sp³-hybridized carbons (Fsp3) is 0.0769. The van der Waals surface area contributed by atoms with Crippen molar-refractivity contribution in [2.75, 3.05) is 10.5 Å². The van der Waals surface area contributed by atoms with Crippen LogP contribution in [0.3, 0.4) is 0 Å². The lowest BCUT2D eigenvalue weighted by Crippen LogP contribution is -2.16. The molecule has 2 aromatic rings. The SMILES string of the molecule is Cc1cc(F)c(NS(=O)(=O)c2cc(N)ccc2F)cc1F. The third-order valence-electron chi connectivity index (χ3n) is 2.74. The van der Waals surface area contributed by atoms with Gasteiger partial charge in [0, 0.05) is 11.8 Å². The Labute approximate surface area is 119 Å². The predicted molar refractivity (Wildman–Crippen MR) is 72.7 cm³/mol. The van der Waals surface area contributed by atoms with Gasteiger partial charge < -0.3 is 5.73 Å². The highest BCUT2D eigenvalue weighted by molar-refractivity contribution is 7.92. The van der Waals surface area contributed by atoms with Gasteiger partial charge >= 0.3 is 0 Å². The van der Waals surface area contributed by atoms with E-state index in [1.54, 1.807) is 4.72 Å². The molecule has 0 heterocycles. The van der Waals surface area contributed by atoms with Crippen molar-refractivity contribution in [3.05, 3.63) is 53.3 Å². The summed E-state index contributed by atoms with van der Waals surface area (Å²) in [5.41, 5.74) is 4.83. The van der Waals surface area contributed by atoms with Gasteiger partial charge in [0.15, 0.2) is 0 Å². The second-order valence-electron chi connectivity index (χ2n) is 4.38. The maximum Gasteiger partial charge on any atom is 0.264 e. The molecule has 0 aliphatic heterocycles. The number of benzene rings is 2. The number of sulfonamides is 1. The molecule has 8 heteroatoms. The molecule has 0 aromatic heterocycles. The minimum absolute atomic E-state index is 0.0191. The van der Waals surface area contributed by atoms with E-state index in [-0.39, 0.29) is 11.3 Å². The number of nitrogen functional groups attached to an aromatic ring is 1. The van der Waals surface area contributed by atoms with E-state index in [0.29, 0.717) is 6.07 Å². The Morgan fingerprint density at radius 2 is 1.67 bits per heavy atom. The van der Waals surface area contributed by atoms with Gasteiger partial charge in [0.25, 0.3) is 10.0 Å². The van der Waals surface area contributed by atoms with Gasteiger partial charge in [0.05, 0.1) is 5.69 Å². The summed E-state index contributed by atoms with van der Waals surface area (Å²) < 4.78 is 66.5. The summed E-state index contributed by atoms with van der Waals surface area (Å²) in [6.07, 6.45) is 0. The number of nitrogens with two attached hydrogens (primary N) is 1. The highest BCUT2D eigenvalue weighted by atomic mass is 32.2. The molecular formula is C13H11F3N2O2S. The summed E-state index contributed by atoms with van der Waals surface area (Å²) in [6, 6.07) is 4.46. The smallest absolute Gasteiger partial charge is 0.264 e. The molecule has 0 spiro atoms. The van der Waals surface area contributed by atoms with E-state index in [1.807, 2.05) is 0 Å². The van der Waals surface area contributed by atoms with Crippen molar-refractivity contribution in [3.8, 4) is 0 Å². The molecule has 0 atom stereocenters. The Morgan fingerprint density at radius 3 is 2.33 bits per heavy atom. The minimum atomic E-state index is -4.43. The third kappa shape index (κ3) is 3.10. The molecule has 0 unspecified atom stereocenters. The van der Waals surface area contributed by atoms with E-state index in [1.165, 1.54) is 13.0 Å². The highest BCUT2D eigenvalue weighted by Gasteiger charge is 2.21. The fourth-order valence-electron chi connectivity index (χ4n) is 1.65. The van der Waals surface area contributed by atoms with E-state index < -0.39 is 38.1 Å². The second-order valence-corrected chi connectivity index (χ2v) is 6.03. The van der Waals surface area contributed by atoms with E-state index >= 15 is 0 Å². The Bertz CT molecular complexity index is 807. The molecule has 0 saturated carbocycles. The standard InChI is InChI=1S/C13H11F3N2O2S/c1-7-4-11(16)12(6-10(7)15)18-21(19,20)13-5-8(17)2-3-9(13)14/h2-6,18H,17H2,1H3. The Kier molecular flexibility index (Phi) is 3.82. The van der Waals surface area contributed by atoms with Gasteiger partial charge in [-0.1, -0.05) is 0 Å². The normalized spacial score (nSPS) is 11.4. The fourth-order valence-corrected chi connectivity index (χ4v) is 2.82. The molecule has 0 radical (unpaired) electrons. The zero-order valence-corrected chi connectivity index (χ0v) is 11.6. The Balaban J connectivity index is 2.47. The number of hydrogen-bond acceptors (Lipinski definition) is 3. The zero-order chi connectivity index (χ0) is 15.8. The van der Waals surface area contributed by atoms with E-state index in [4.69, 9.17) is 5.73 Å². The molecule has 112 valence electrons. The summed E-state index contributed by atoms with van der Waals surface area (Å²) >= 11 is 0. The van der Waals surface area contributed by atoms with Crippen molar-refractivity contribution >= 4 is 21.4 Å². The van der Waals surface area contributed by atoms with Gasteiger partial charge in [0.2, 0.25) is 0 Å². The molecular weight excluding hydrogens is 305 g/mol. The first-order valence-electron chi connectivity index (χ1n) is 5.74. The molecule has 0 aliphatic carbocycles. The number of aryl methyl sites for hydroxylation is 1. The van der Waals surface area contributed by atoms with Crippen molar-refractivity contribution < 1.29 is 21.6 Å². The molecule has 0 saturated heterocycles. The zero-order valence-electron chi connectivity index (χ0n) is 10.8. The largest absolute Gasteiger partial charge is 0.399 e. The van der Waals surface area contributed by atoms with Gasteiger partial charge in [-0.3, -0.25) is 4.72 Å². The molecule has 0 amide bonds. The van der Waals surface area contributed by atoms with Crippen molar-refractivity contribution in [1.82, 2.24) is 0 Å². The first-order valence-corrected chi connectivity index (χ1v) is 7.22. The number of halogens is 3. The maximum atomic E-state index is 13.6. The van der Waals surface area contributed by atoms with Crippen LogP contribution in [-0.4, -0.2) is 8.42 Å². The molecule has 0 fully saturated rings. The highest BCUT2D eigenvalue weighted by Crippen LogP contribution is 2.24. The van der Waals surface area contributed by atoms with Crippen molar-refractivity contribution in [2.24, 2.45) is 0 Å². The summed E-state index contributed by atoms with van der Waals surface area (Å²) in [7, 11) is -4.43. The number of rotatable bonds is 3. The minimum Gasteiger partial charge on any atom is -0.399 e. The van der Waals surface area contributed by atoms with Crippen LogP contribution >= 0.6 is 0 Å². The predicted octanol–water partition coefficient (Wildman–Crippen LogP) is 2.80. The van der Waals surface area contributed by atoms with Crippen molar-refractivity contribution in [2.45, 2.75) is 11.8 Å². The van der Waals surface area contributed by atoms with Crippen LogP contribution in [0.2, 0.25) is 0 Å². The van der Waals surface area contributed by atoms with Gasteiger partial charge in [-0.2, -0.15) is 0 Å². The maximum absolute atomic E-state index is 13.6. The molecule has 4 nitrogen and oxygen atoms in total. The van der Waals surface area contributed by atoms with Crippen LogP contribution in [0.25, 0.3) is 0 Å². The lowest BCUT2D eigenvalue weighted by atomic mass is 10.2. The van der Waals surface area contributed by atoms with Crippen molar-refractivity contribution in [1.29, 1.82) is 0 Å². The van der Waals surface area contributed by atoms with Gasteiger partial charge in [-0.05, 0) is 36.8 Å². The average molecular weight is 316 g/mol. The molecule has 0 bridgehead atoms. The molecule has 2 rings (SSSR count). The Hall–Kier alpha value is -2.22. The van der Waals surface area contributed by atoms with Gasteiger partial charge in [0.1, 0.15) is 22.3 Å². The second kappa shape index (κ2) is 5.28. The number of hydrogen-bond donors (Lipinski definition) is 2. The quantitative estimate of drug-likeness (QED) is 0.855. The van der Waals surface area contributed by atoms with Crippen LogP contribution in [-0.2, 0) is 10.0 Å².